The summed E-state index contributed by atoms with van der Waals surface area (Å²) in [5.41, 5.74) is 5.23. The first kappa shape index (κ1) is 20.2. The van der Waals surface area contributed by atoms with Gasteiger partial charge in [0.15, 0.2) is 10.8 Å². The minimum Gasteiger partial charge on any atom is -0.383 e. The van der Waals surface area contributed by atoms with Gasteiger partial charge in [0, 0.05) is 26.7 Å². The van der Waals surface area contributed by atoms with Crippen LogP contribution in [0.3, 0.4) is 0 Å². The number of thiocarbonyl (C=S) groups is 1. The zero-order valence-corrected chi connectivity index (χ0v) is 15.5. The molecule has 0 saturated carbocycles. The predicted molar refractivity (Wildman–Crippen MR) is 101 cm³/mol. The number of nitrogens with one attached hydrogen (secondary N) is 2. The molecule has 0 aliphatic carbocycles. The maximum absolute atomic E-state index is 12.4. The summed E-state index contributed by atoms with van der Waals surface area (Å²) < 4.78 is 6.46. The fourth-order valence-electron chi connectivity index (χ4n) is 2.21. The van der Waals surface area contributed by atoms with E-state index >= 15 is 0 Å². The molecule has 0 aliphatic rings. The lowest BCUT2D eigenvalue weighted by molar-refractivity contribution is 0.207. The van der Waals surface area contributed by atoms with Crippen LogP contribution in [0.15, 0.2) is 9.59 Å². The van der Waals surface area contributed by atoms with Crippen molar-refractivity contribution in [2.45, 2.75) is 33.7 Å². The smallest absolute Gasteiger partial charge is 0.330 e. The van der Waals surface area contributed by atoms with Gasteiger partial charge in [0.25, 0.3) is 5.56 Å². The van der Waals surface area contributed by atoms with Crippen molar-refractivity contribution in [2.75, 3.05) is 37.4 Å². The average Bonchev–Trinajstić information content (AvgIpc) is 2.51. The molecule has 0 atom stereocenters. The van der Waals surface area contributed by atoms with E-state index < -0.39 is 11.2 Å². The van der Waals surface area contributed by atoms with E-state index in [2.05, 4.69) is 10.3 Å². The number of hydrogen-bond acceptors (Lipinski definition) is 5. The van der Waals surface area contributed by atoms with Crippen LogP contribution >= 0.6 is 12.2 Å². The Kier molecular flexibility index (Phi) is 7.93. The fraction of sp³-hybridized carbons (Fsp3) is 0.667. The van der Waals surface area contributed by atoms with Crippen molar-refractivity contribution in [3.05, 3.63) is 20.8 Å². The van der Waals surface area contributed by atoms with Gasteiger partial charge in [-0.1, -0.05) is 20.8 Å². The highest BCUT2D eigenvalue weighted by Crippen LogP contribution is 2.17. The summed E-state index contributed by atoms with van der Waals surface area (Å²) in [4.78, 5) is 28.3. The average molecular weight is 357 g/mol. The molecule has 1 rings (SSSR count). The van der Waals surface area contributed by atoms with Crippen molar-refractivity contribution in [3.8, 4) is 0 Å². The quantitative estimate of drug-likeness (QED) is 0.582. The number of aromatic amines is 1. The highest BCUT2D eigenvalue weighted by atomic mass is 32.1. The molecule has 9 heteroatoms. The van der Waals surface area contributed by atoms with Gasteiger partial charge in [0.1, 0.15) is 5.82 Å². The molecule has 1 aromatic heterocycles. The minimum atomic E-state index is -0.561. The van der Waals surface area contributed by atoms with Gasteiger partial charge in [-0.15, -0.1) is 0 Å². The molecular weight excluding hydrogens is 330 g/mol. The molecule has 4 N–H and O–H groups in total. The van der Waals surface area contributed by atoms with E-state index in [-0.39, 0.29) is 17.4 Å². The number of nitrogens with zero attached hydrogens (tertiary/aromatic N) is 2. The molecule has 136 valence electrons. The second-order valence-electron chi connectivity index (χ2n) is 5.87. The molecule has 0 aliphatic heterocycles. The SMILES string of the molecule is CCCNC(=S)N(CCOC)c1c(N)n(CC(C)C)c(=O)[nH]c1=O. The van der Waals surface area contributed by atoms with E-state index in [1.54, 1.807) is 12.0 Å². The van der Waals surface area contributed by atoms with Crippen LogP contribution in [0, 0.1) is 5.92 Å². The van der Waals surface area contributed by atoms with Gasteiger partial charge in [0.05, 0.1) is 6.61 Å². The molecule has 0 radical (unpaired) electrons. The van der Waals surface area contributed by atoms with Crippen molar-refractivity contribution in [3.63, 3.8) is 0 Å². The maximum Gasteiger partial charge on any atom is 0.330 e. The number of H-pyrrole nitrogens is 1. The number of methoxy groups -OCH3 is 1. The Hall–Kier alpha value is -1.87. The Morgan fingerprint density at radius 1 is 1.46 bits per heavy atom. The highest BCUT2D eigenvalue weighted by molar-refractivity contribution is 7.80. The molecule has 0 amide bonds. The first-order valence-corrected chi connectivity index (χ1v) is 8.41. The Labute approximate surface area is 147 Å². The predicted octanol–water partition coefficient (Wildman–Crippen LogP) is 0.512. The minimum absolute atomic E-state index is 0.106. The monoisotopic (exact) mass is 357 g/mol. The molecule has 0 fully saturated rings. The zero-order valence-electron chi connectivity index (χ0n) is 14.7. The zero-order chi connectivity index (χ0) is 18.3. The first-order valence-electron chi connectivity index (χ1n) is 8.00. The van der Waals surface area contributed by atoms with Crippen molar-refractivity contribution in [2.24, 2.45) is 5.92 Å². The number of anilines is 2. The Morgan fingerprint density at radius 2 is 2.12 bits per heavy atom. The number of ether oxygens (including phenoxy) is 1. The van der Waals surface area contributed by atoms with Gasteiger partial charge in [-0.05, 0) is 24.6 Å². The lowest BCUT2D eigenvalue weighted by atomic mass is 10.2. The molecular formula is C15H27N5O3S. The second-order valence-corrected chi connectivity index (χ2v) is 6.26. The normalized spacial score (nSPS) is 10.9. The van der Waals surface area contributed by atoms with Gasteiger partial charge in [-0.25, -0.2) is 4.79 Å². The molecule has 0 saturated heterocycles. The third-order valence-corrected chi connectivity index (χ3v) is 3.69. The van der Waals surface area contributed by atoms with Gasteiger partial charge in [0.2, 0.25) is 0 Å². The van der Waals surface area contributed by atoms with Crippen molar-refractivity contribution in [1.29, 1.82) is 0 Å². The Morgan fingerprint density at radius 3 is 2.67 bits per heavy atom. The van der Waals surface area contributed by atoms with E-state index in [0.29, 0.717) is 31.4 Å². The Bertz CT molecular complexity index is 668. The van der Waals surface area contributed by atoms with Gasteiger partial charge >= 0.3 is 5.69 Å². The van der Waals surface area contributed by atoms with Crippen LogP contribution in [0.2, 0.25) is 0 Å². The van der Waals surface area contributed by atoms with E-state index in [1.807, 2.05) is 20.8 Å². The summed E-state index contributed by atoms with van der Waals surface area (Å²) in [6.07, 6.45) is 0.886. The standard InChI is InChI=1S/C15H27N5O3S/c1-5-6-17-15(24)19(7-8-23-4)11-12(16)20(9-10(2)3)14(22)18-13(11)21/h10H,5-9,16H2,1-4H3,(H,17,24)(H,18,21,22). The van der Waals surface area contributed by atoms with E-state index in [1.165, 1.54) is 4.57 Å². The summed E-state index contributed by atoms with van der Waals surface area (Å²) in [5.74, 6) is 0.301. The molecule has 0 bridgehead atoms. The van der Waals surface area contributed by atoms with Crippen LogP contribution in [0.4, 0.5) is 11.5 Å². The third kappa shape index (κ3) is 5.07. The van der Waals surface area contributed by atoms with Gasteiger partial charge in [-0.2, -0.15) is 0 Å². The number of nitrogen functional groups attached to an aromatic ring is 1. The summed E-state index contributed by atoms with van der Waals surface area (Å²) >= 11 is 5.38. The van der Waals surface area contributed by atoms with Gasteiger partial charge < -0.3 is 20.7 Å². The lowest BCUT2D eigenvalue weighted by Gasteiger charge is -2.27. The van der Waals surface area contributed by atoms with Gasteiger partial charge in [-0.3, -0.25) is 14.3 Å². The number of aromatic nitrogens is 2. The second kappa shape index (κ2) is 9.43. The maximum atomic E-state index is 12.4. The van der Waals surface area contributed by atoms with Crippen LogP contribution < -0.4 is 27.2 Å². The summed E-state index contributed by atoms with van der Waals surface area (Å²) in [6, 6.07) is 0. The van der Waals surface area contributed by atoms with Crippen LogP contribution in [-0.2, 0) is 11.3 Å². The molecule has 1 aromatic rings. The molecule has 0 spiro atoms. The molecule has 0 aromatic carbocycles. The highest BCUT2D eigenvalue weighted by Gasteiger charge is 2.22. The Balaban J connectivity index is 3.37. The first-order chi connectivity index (χ1) is 11.3. The number of nitrogens with two attached hydrogens (primary N) is 1. The van der Waals surface area contributed by atoms with E-state index in [0.717, 1.165) is 6.42 Å². The molecule has 1 heterocycles. The largest absolute Gasteiger partial charge is 0.383 e. The number of hydrogen-bond donors (Lipinski definition) is 3. The third-order valence-electron chi connectivity index (χ3n) is 3.32. The van der Waals surface area contributed by atoms with E-state index in [4.69, 9.17) is 22.7 Å². The van der Waals surface area contributed by atoms with Crippen LogP contribution in [0.25, 0.3) is 0 Å². The van der Waals surface area contributed by atoms with Crippen molar-refractivity contribution < 1.29 is 4.74 Å². The lowest BCUT2D eigenvalue weighted by Crippen LogP contribution is -2.47. The van der Waals surface area contributed by atoms with Crippen molar-refractivity contribution >= 4 is 28.8 Å². The molecule has 0 unspecified atom stereocenters. The van der Waals surface area contributed by atoms with Crippen LogP contribution in [-0.4, -0.2) is 41.5 Å². The molecule has 24 heavy (non-hydrogen) atoms. The number of rotatable bonds is 8. The fourth-order valence-corrected chi connectivity index (χ4v) is 2.49. The van der Waals surface area contributed by atoms with E-state index in [9.17, 15) is 9.59 Å². The molecule has 8 nitrogen and oxygen atoms in total. The van der Waals surface area contributed by atoms with Crippen LogP contribution in [0.1, 0.15) is 27.2 Å². The summed E-state index contributed by atoms with van der Waals surface area (Å²) in [7, 11) is 1.56. The van der Waals surface area contributed by atoms with Crippen LogP contribution in [0.5, 0.6) is 0 Å². The summed E-state index contributed by atoms with van der Waals surface area (Å²) in [5, 5.41) is 3.45. The summed E-state index contributed by atoms with van der Waals surface area (Å²) in [6.45, 7) is 7.72. The topological polar surface area (TPSA) is 105 Å². The van der Waals surface area contributed by atoms with Crippen molar-refractivity contribution in [1.82, 2.24) is 14.9 Å².